The summed E-state index contributed by atoms with van der Waals surface area (Å²) in [6.07, 6.45) is 7.72. The van der Waals surface area contributed by atoms with E-state index in [2.05, 4.69) is 31.9 Å². The van der Waals surface area contributed by atoms with Gasteiger partial charge in [-0.1, -0.05) is 19.8 Å². The number of rotatable bonds is 8. The first-order chi connectivity index (χ1) is 16.0. The summed E-state index contributed by atoms with van der Waals surface area (Å²) in [7, 11) is 0. The number of pyridine rings is 1. The summed E-state index contributed by atoms with van der Waals surface area (Å²) >= 11 is 0. The monoisotopic (exact) mass is 456 g/mol. The molecule has 0 aromatic carbocycles. The molecule has 2 saturated heterocycles. The van der Waals surface area contributed by atoms with Crippen LogP contribution in [0.25, 0.3) is 0 Å². The molecular formula is C25H40N6O2. The van der Waals surface area contributed by atoms with Crippen LogP contribution in [0.3, 0.4) is 0 Å². The zero-order valence-electron chi connectivity index (χ0n) is 20.3. The second-order valence-corrected chi connectivity index (χ2v) is 9.83. The van der Waals surface area contributed by atoms with Crippen LogP contribution in [-0.4, -0.2) is 102 Å². The predicted molar refractivity (Wildman–Crippen MR) is 131 cm³/mol. The summed E-state index contributed by atoms with van der Waals surface area (Å²) < 4.78 is 0. The molecule has 1 aliphatic carbocycles. The van der Waals surface area contributed by atoms with Gasteiger partial charge in [0.2, 0.25) is 5.91 Å². The summed E-state index contributed by atoms with van der Waals surface area (Å²) in [5.41, 5.74) is 0.600. The van der Waals surface area contributed by atoms with Gasteiger partial charge in [0, 0.05) is 70.6 Å². The summed E-state index contributed by atoms with van der Waals surface area (Å²) in [6.45, 7) is 11.9. The third-order valence-electron chi connectivity index (χ3n) is 7.42. The zero-order chi connectivity index (χ0) is 23.2. The van der Waals surface area contributed by atoms with Crippen LogP contribution in [-0.2, 0) is 4.79 Å². The minimum Gasteiger partial charge on any atom is -0.354 e. The van der Waals surface area contributed by atoms with Gasteiger partial charge >= 0.3 is 0 Å². The van der Waals surface area contributed by atoms with Crippen LogP contribution in [0.1, 0.15) is 56.3 Å². The van der Waals surface area contributed by atoms with E-state index in [-0.39, 0.29) is 17.9 Å². The minimum absolute atomic E-state index is 0.0631. The number of nitrogens with zero attached hydrogens (tertiary/aromatic N) is 5. The van der Waals surface area contributed by atoms with Gasteiger partial charge < -0.3 is 15.1 Å². The number of aromatic nitrogens is 1. The minimum atomic E-state index is -0.0631. The van der Waals surface area contributed by atoms with Crippen molar-refractivity contribution >= 4 is 17.6 Å². The van der Waals surface area contributed by atoms with Crippen LogP contribution in [0, 0.1) is 0 Å². The molecule has 182 valence electrons. The van der Waals surface area contributed by atoms with Gasteiger partial charge in [-0.3, -0.25) is 19.4 Å². The van der Waals surface area contributed by atoms with E-state index in [1.54, 1.807) is 6.20 Å². The van der Waals surface area contributed by atoms with Gasteiger partial charge in [0.25, 0.3) is 5.91 Å². The van der Waals surface area contributed by atoms with Crippen molar-refractivity contribution in [2.75, 3.05) is 63.8 Å². The van der Waals surface area contributed by atoms with E-state index in [1.807, 2.05) is 24.0 Å². The maximum atomic E-state index is 12.8. The van der Waals surface area contributed by atoms with Gasteiger partial charge in [-0.2, -0.15) is 0 Å². The Labute approximate surface area is 198 Å². The van der Waals surface area contributed by atoms with E-state index in [0.717, 1.165) is 77.1 Å². The average molecular weight is 457 g/mol. The molecule has 1 unspecified atom stereocenters. The number of carbonyl (C=O) groups is 2. The maximum absolute atomic E-state index is 12.8. The molecule has 1 atom stereocenters. The van der Waals surface area contributed by atoms with Crippen molar-refractivity contribution in [3.63, 3.8) is 0 Å². The fourth-order valence-corrected chi connectivity index (χ4v) is 5.03. The molecular weight excluding hydrogens is 416 g/mol. The topological polar surface area (TPSA) is 72.0 Å². The standard InChI is InChI=1S/C25H40N6O2/c1-3-5-20(2)27-25(33)21-8-9-23(26-18-21)30-12-10-28(11-13-30)19-24(32)31-16-14-29(15-17-31)22-6-4-7-22/h8-9,18,20,22H,3-7,10-17,19H2,1-2H3,(H,27,33). The normalized spacial score (nSPS) is 21.5. The Hall–Kier alpha value is -2.19. The molecule has 1 aromatic rings. The molecule has 1 aromatic heterocycles. The Morgan fingerprint density at radius 1 is 1.06 bits per heavy atom. The first-order valence-electron chi connectivity index (χ1n) is 12.8. The third-order valence-corrected chi connectivity index (χ3v) is 7.42. The molecule has 0 bridgehead atoms. The Morgan fingerprint density at radius 2 is 1.79 bits per heavy atom. The van der Waals surface area contributed by atoms with Crippen molar-refractivity contribution < 1.29 is 9.59 Å². The van der Waals surface area contributed by atoms with Crippen LogP contribution in [0.2, 0.25) is 0 Å². The third kappa shape index (κ3) is 6.23. The van der Waals surface area contributed by atoms with Crippen LogP contribution in [0.15, 0.2) is 18.3 Å². The van der Waals surface area contributed by atoms with E-state index in [4.69, 9.17) is 0 Å². The first-order valence-corrected chi connectivity index (χ1v) is 12.8. The Morgan fingerprint density at radius 3 is 2.36 bits per heavy atom. The van der Waals surface area contributed by atoms with Crippen LogP contribution in [0.5, 0.6) is 0 Å². The molecule has 2 amide bonds. The molecule has 2 aliphatic heterocycles. The molecule has 3 fully saturated rings. The smallest absolute Gasteiger partial charge is 0.253 e. The lowest BCUT2D eigenvalue weighted by Gasteiger charge is -2.43. The molecule has 1 N–H and O–H groups in total. The average Bonchev–Trinajstić information content (AvgIpc) is 2.79. The second kappa shape index (κ2) is 11.3. The highest BCUT2D eigenvalue weighted by atomic mass is 16.2. The molecule has 8 nitrogen and oxygen atoms in total. The van der Waals surface area contributed by atoms with E-state index in [0.29, 0.717) is 12.1 Å². The lowest BCUT2D eigenvalue weighted by molar-refractivity contribution is -0.134. The fourth-order valence-electron chi connectivity index (χ4n) is 5.03. The molecule has 3 aliphatic rings. The fraction of sp³-hybridized carbons (Fsp3) is 0.720. The Balaban J connectivity index is 1.19. The highest BCUT2D eigenvalue weighted by Crippen LogP contribution is 2.25. The van der Waals surface area contributed by atoms with Gasteiger partial charge in [0.15, 0.2) is 0 Å². The van der Waals surface area contributed by atoms with E-state index < -0.39 is 0 Å². The summed E-state index contributed by atoms with van der Waals surface area (Å²) in [4.78, 5) is 38.8. The molecule has 0 radical (unpaired) electrons. The van der Waals surface area contributed by atoms with E-state index in [1.165, 1.54) is 19.3 Å². The molecule has 0 spiro atoms. The Bertz CT molecular complexity index is 781. The largest absolute Gasteiger partial charge is 0.354 e. The van der Waals surface area contributed by atoms with Gasteiger partial charge in [0.05, 0.1) is 12.1 Å². The van der Waals surface area contributed by atoms with Gasteiger partial charge in [0.1, 0.15) is 5.82 Å². The number of amides is 2. The summed E-state index contributed by atoms with van der Waals surface area (Å²) in [5.74, 6) is 1.10. The summed E-state index contributed by atoms with van der Waals surface area (Å²) in [5, 5.41) is 3.02. The van der Waals surface area contributed by atoms with Crippen molar-refractivity contribution in [1.29, 1.82) is 0 Å². The summed E-state index contributed by atoms with van der Waals surface area (Å²) in [6, 6.07) is 4.73. The highest BCUT2D eigenvalue weighted by molar-refractivity contribution is 5.94. The van der Waals surface area contributed by atoms with Gasteiger partial charge in [-0.05, 0) is 38.3 Å². The lowest BCUT2D eigenvalue weighted by atomic mass is 9.91. The Kier molecular flexibility index (Phi) is 8.20. The maximum Gasteiger partial charge on any atom is 0.253 e. The zero-order valence-corrected chi connectivity index (χ0v) is 20.3. The molecule has 3 heterocycles. The van der Waals surface area contributed by atoms with Crippen molar-refractivity contribution in [2.45, 2.75) is 58.0 Å². The van der Waals surface area contributed by atoms with Crippen molar-refractivity contribution in [3.05, 3.63) is 23.9 Å². The number of carbonyl (C=O) groups excluding carboxylic acids is 2. The number of hydrogen-bond acceptors (Lipinski definition) is 6. The molecule has 4 rings (SSSR count). The van der Waals surface area contributed by atoms with E-state index in [9.17, 15) is 9.59 Å². The van der Waals surface area contributed by atoms with E-state index >= 15 is 0 Å². The van der Waals surface area contributed by atoms with Crippen LogP contribution >= 0.6 is 0 Å². The number of anilines is 1. The second-order valence-electron chi connectivity index (χ2n) is 9.83. The van der Waals surface area contributed by atoms with Crippen molar-refractivity contribution in [1.82, 2.24) is 25.0 Å². The molecule has 1 saturated carbocycles. The van der Waals surface area contributed by atoms with Crippen molar-refractivity contribution in [2.24, 2.45) is 0 Å². The molecule has 8 heteroatoms. The first kappa shape index (κ1) is 24.0. The SMILES string of the molecule is CCCC(C)NC(=O)c1ccc(N2CCN(CC(=O)N3CCN(C4CCC4)CC3)CC2)nc1. The lowest BCUT2D eigenvalue weighted by Crippen LogP contribution is -2.56. The van der Waals surface area contributed by atoms with Crippen LogP contribution < -0.4 is 10.2 Å². The van der Waals surface area contributed by atoms with Crippen molar-refractivity contribution in [3.8, 4) is 0 Å². The van der Waals surface area contributed by atoms with Gasteiger partial charge in [-0.25, -0.2) is 4.98 Å². The predicted octanol–water partition coefficient (Wildman–Crippen LogP) is 1.82. The number of piperazine rings is 2. The molecule has 33 heavy (non-hydrogen) atoms. The van der Waals surface area contributed by atoms with Crippen LogP contribution in [0.4, 0.5) is 5.82 Å². The highest BCUT2D eigenvalue weighted by Gasteiger charge is 2.30. The quantitative estimate of drug-likeness (QED) is 0.643. The number of hydrogen-bond donors (Lipinski definition) is 1. The number of nitrogens with one attached hydrogen (secondary N) is 1. The van der Waals surface area contributed by atoms with Gasteiger partial charge in [-0.15, -0.1) is 0 Å².